The molecule has 0 saturated heterocycles. The fourth-order valence-corrected chi connectivity index (χ4v) is 2.86. The van der Waals surface area contributed by atoms with Crippen molar-refractivity contribution in [3.8, 4) is 0 Å². The Morgan fingerprint density at radius 1 is 0.900 bits per heavy atom. The molecule has 20 heavy (non-hydrogen) atoms. The number of hydrogen-bond acceptors (Lipinski definition) is 1. The third-order valence-corrected chi connectivity index (χ3v) is 3.83. The van der Waals surface area contributed by atoms with E-state index in [1.807, 2.05) is 0 Å². The monoisotopic (exact) mass is 264 g/mol. The Labute approximate surface area is 120 Å². The fraction of sp³-hybridized carbons (Fsp3) is 0.263. The predicted molar refractivity (Wildman–Crippen MR) is 82.8 cm³/mol. The molecule has 2 aromatic carbocycles. The van der Waals surface area contributed by atoms with Crippen LogP contribution in [0.25, 0.3) is 0 Å². The normalized spacial score (nSPS) is 22.1. The first-order valence-electron chi connectivity index (χ1n) is 7.26. The van der Waals surface area contributed by atoms with E-state index in [9.17, 15) is 0 Å². The van der Waals surface area contributed by atoms with Gasteiger partial charge in [-0.15, -0.1) is 0 Å². The standard InChI is InChI=1S/C19H20O/c1-15-9-8-14-18(20-15)19(16-10-4-2-5-11-16)17-12-6-3-7-13-17/h2-8,10-15,18-19H,9H2,1H3/t15-,18-/m0/s1. The van der Waals surface area contributed by atoms with Crippen molar-refractivity contribution in [2.75, 3.05) is 0 Å². The second-order valence-electron chi connectivity index (χ2n) is 5.37. The van der Waals surface area contributed by atoms with Gasteiger partial charge >= 0.3 is 0 Å². The molecule has 2 aromatic rings. The zero-order chi connectivity index (χ0) is 13.8. The highest BCUT2D eigenvalue weighted by Crippen LogP contribution is 2.33. The third-order valence-electron chi connectivity index (χ3n) is 3.83. The molecule has 0 aliphatic carbocycles. The zero-order valence-corrected chi connectivity index (χ0v) is 11.8. The molecule has 0 unspecified atom stereocenters. The number of hydrogen-bond donors (Lipinski definition) is 0. The minimum Gasteiger partial charge on any atom is -0.370 e. The number of rotatable bonds is 3. The van der Waals surface area contributed by atoms with Gasteiger partial charge in [0.05, 0.1) is 12.2 Å². The van der Waals surface area contributed by atoms with Gasteiger partial charge in [-0.05, 0) is 24.5 Å². The summed E-state index contributed by atoms with van der Waals surface area (Å²) in [6.45, 7) is 2.14. The molecule has 1 aliphatic rings. The lowest BCUT2D eigenvalue weighted by molar-refractivity contribution is 0.00940. The summed E-state index contributed by atoms with van der Waals surface area (Å²) in [4.78, 5) is 0. The van der Waals surface area contributed by atoms with Crippen molar-refractivity contribution in [1.82, 2.24) is 0 Å². The molecule has 0 fully saturated rings. The first-order chi connectivity index (χ1) is 9.84. The third kappa shape index (κ3) is 2.83. The van der Waals surface area contributed by atoms with E-state index in [0.29, 0.717) is 6.10 Å². The van der Waals surface area contributed by atoms with Crippen LogP contribution in [-0.4, -0.2) is 12.2 Å². The Bertz CT molecular complexity index is 519. The van der Waals surface area contributed by atoms with Crippen LogP contribution in [0, 0.1) is 0 Å². The predicted octanol–water partition coefficient (Wildman–Crippen LogP) is 4.55. The quantitative estimate of drug-likeness (QED) is 0.739. The first kappa shape index (κ1) is 13.1. The topological polar surface area (TPSA) is 9.23 Å². The van der Waals surface area contributed by atoms with Crippen molar-refractivity contribution in [3.63, 3.8) is 0 Å². The lowest BCUT2D eigenvalue weighted by atomic mass is 9.85. The van der Waals surface area contributed by atoms with E-state index in [2.05, 4.69) is 79.7 Å². The maximum Gasteiger partial charge on any atom is 0.0868 e. The summed E-state index contributed by atoms with van der Waals surface area (Å²) in [5.41, 5.74) is 2.62. The summed E-state index contributed by atoms with van der Waals surface area (Å²) in [5.74, 6) is 0.261. The number of benzene rings is 2. The van der Waals surface area contributed by atoms with E-state index in [-0.39, 0.29) is 12.0 Å². The zero-order valence-electron chi connectivity index (χ0n) is 11.8. The van der Waals surface area contributed by atoms with Crippen molar-refractivity contribution in [2.45, 2.75) is 31.5 Å². The van der Waals surface area contributed by atoms with Crippen molar-refractivity contribution in [2.24, 2.45) is 0 Å². The maximum absolute atomic E-state index is 6.17. The van der Waals surface area contributed by atoms with Crippen molar-refractivity contribution in [1.29, 1.82) is 0 Å². The molecule has 1 heteroatoms. The van der Waals surface area contributed by atoms with Crippen LogP contribution in [0.4, 0.5) is 0 Å². The molecule has 3 rings (SSSR count). The molecular weight excluding hydrogens is 244 g/mol. The summed E-state index contributed by atoms with van der Waals surface area (Å²) < 4.78 is 6.17. The molecule has 0 N–H and O–H groups in total. The molecule has 0 aromatic heterocycles. The smallest absolute Gasteiger partial charge is 0.0868 e. The van der Waals surface area contributed by atoms with Gasteiger partial charge in [-0.3, -0.25) is 0 Å². The molecule has 0 saturated carbocycles. The van der Waals surface area contributed by atoms with Gasteiger partial charge in [0.1, 0.15) is 0 Å². The molecule has 0 radical (unpaired) electrons. The summed E-state index contributed by atoms with van der Waals surface area (Å²) in [6, 6.07) is 21.3. The van der Waals surface area contributed by atoms with Gasteiger partial charge in [0, 0.05) is 5.92 Å². The fourth-order valence-electron chi connectivity index (χ4n) is 2.86. The van der Waals surface area contributed by atoms with Crippen molar-refractivity contribution >= 4 is 0 Å². The van der Waals surface area contributed by atoms with Crippen LogP contribution >= 0.6 is 0 Å². The van der Waals surface area contributed by atoms with Gasteiger partial charge in [-0.2, -0.15) is 0 Å². The van der Waals surface area contributed by atoms with Gasteiger partial charge in [-0.25, -0.2) is 0 Å². The SMILES string of the molecule is C[C@H]1CC=C[C@@H](C(c2ccccc2)c2ccccc2)O1. The Kier molecular flexibility index (Phi) is 3.98. The summed E-state index contributed by atoms with van der Waals surface area (Å²) in [6.07, 6.45) is 5.87. The second-order valence-corrected chi connectivity index (χ2v) is 5.37. The molecule has 0 amide bonds. The molecular formula is C19H20O. The lowest BCUT2D eigenvalue weighted by Gasteiger charge is -2.31. The molecule has 2 atom stereocenters. The van der Waals surface area contributed by atoms with Crippen molar-refractivity contribution < 1.29 is 4.74 Å². The minimum absolute atomic E-state index is 0.114. The average molecular weight is 264 g/mol. The van der Waals surface area contributed by atoms with Gasteiger partial charge in [-0.1, -0.05) is 72.8 Å². The first-order valence-corrected chi connectivity index (χ1v) is 7.26. The van der Waals surface area contributed by atoms with E-state index in [1.165, 1.54) is 11.1 Å². The van der Waals surface area contributed by atoms with E-state index < -0.39 is 0 Å². The van der Waals surface area contributed by atoms with Crippen LogP contribution in [0.1, 0.15) is 30.4 Å². The molecule has 1 heterocycles. The minimum atomic E-state index is 0.114. The molecule has 1 aliphatic heterocycles. The Hall–Kier alpha value is -1.86. The highest BCUT2D eigenvalue weighted by atomic mass is 16.5. The largest absolute Gasteiger partial charge is 0.370 e. The van der Waals surface area contributed by atoms with Crippen LogP contribution in [0.2, 0.25) is 0 Å². The average Bonchev–Trinajstić information content (AvgIpc) is 2.50. The van der Waals surface area contributed by atoms with Gasteiger partial charge in [0.15, 0.2) is 0 Å². The maximum atomic E-state index is 6.17. The van der Waals surface area contributed by atoms with Gasteiger partial charge in [0.2, 0.25) is 0 Å². The Morgan fingerprint density at radius 3 is 1.95 bits per heavy atom. The molecule has 0 spiro atoms. The Balaban J connectivity index is 2.00. The van der Waals surface area contributed by atoms with Gasteiger partial charge in [0.25, 0.3) is 0 Å². The Morgan fingerprint density at radius 2 is 1.45 bits per heavy atom. The molecule has 1 nitrogen and oxygen atoms in total. The van der Waals surface area contributed by atoms with Crippen molar-refractivity contribution in [3.05, 3.63) is 83.9 Å². The highest BCUT2D eigenvalue weighted by Gasteiger charge is 2.26. The lowest BCUT2D eigenvalue weighted by Crippen LogP contribution is -2.28. The van der Waals surface area contributed by atoms with Crippen LogP contribution < -0.4 is 0 Å². The number of ether oxygens (including phenoxy) is 1. The highest BCUT2D eigenvalue weighted by molar-refractivity contribution is 5.35. The molecule has 0 bridgehead atoms. The van der Waals surface area contributed by atoms with E-state index in [4.69, 9.17) is 4.74 Å². The summed E-state index contributed by atoms with van der Waals surface area (Å²) in [5, 5.41) is 0. The second kappa shape index (κ2) is 6.06. The summed E-state index contributed by atoms with van der Waals surface area (Å²) in [7, 11) is 0. The van der Waals surface area contributed by atoms with Crippen LogP contribution in [0.15, 0.2) is 72.8 Å². The van der Waals surface area contributed by atoms with Crippen LogP contribution in [0.3, 0.4) is 0 Å². The molecule has 102 valence electrons. The summed E-state index contributed by atoms with van der Waals surface area (Å²) >= 11 is 0. The van der Waals surface area contributed by atoms with E-state index >= 15 is 0 Å². The van der Waals surface area contributed by atoms with Gasteiger partial charge < -0.3 is 4.74 Å². The van der Waals surface area contributed by atoms with Crippen LogP contribution in [-0.2, 0) is 4.74 Å². The van der Waals surface area contributed by atoms with E-state index in [0.717, 1.165) is 6.42 Å². The van der Waals surface area contributed by atoms with Crippen LogP contribution in [0.5, 0.6) is 0 Å². The van der Waals surface area contributed by atoms with E-state index in [1.54, 1.807) is 0 Å².